The van der Waals surface area contributed by atoms with Crippen molar-refractivity contribution in [1.82, 2.24) is 9.55 Å². The largest absolute Gasteiger partial charge is 0.478 e. The quantitative estimate of drug-likeness (QED) is 0.823. The van der Waals surface area contributed by atoms with Crippen LogP contribution < -0.4 is 0 Å². The van der Waals surface area contributed by atoms with Crippen LogP contribution in [0.3, 0.4) is 0 Å². The second-order valence-corrected chi connectivity index (χ2v) is 5.25. The van der Waals surface area contributed by atoms with Gasteiger partial charge < -0.3 is 9.67 Å². The van der Waals surface area contributed by atoms with Gasteiger partial charge in [0.25, 0.3) is 0 Å². The molecule has 0 fully saturated rings. The van der Waals surface area contributed by atoms with Crippen LogP contribution in [0, 0.1) is 0 Å². The van der Waals surface area contributed by atoms with Crippen molar-refractivity contribution in [3.63, 3.8) is 0 Å². The number of hydrogen-bond acceptors (Lipinski definition) is 3. The molecule has 0 aliphatic carbocycles. The molecular formula is C14H16N2O2S. The molecule has 0 amide bonds. The lowest BCUT2D eigenvalue weighted by molar-refractivity contribution is 0.0697. The number of hydrogen-bond donors (Lipinski definition) is 1. The van der Waals surface area contributed by atoms with Gasteiger partial charge in [-0.1, -0.05) is 6.92 Å². The summed E-state index contributed by atoms with van der Waals surface area (Å²) >= 11 is 1.68. The van der Waals surface area contributed by atoms with Gasteiger partial charge in [-0.15, -0.1) is 11.8 Å². The highest BCUT2D eigenvalue weighted by molar-refractivity contribution is 7.98. The van der Waals surface area contributed by atoms with E-state index in [4.69, 9.17) is 5.11 Å². The SMILES string of the molecule is CCCn1cncc1CSc1ccc(C(=O)O)cc1. The van der Waals surface area contributed by atoms with Gasteiger partial charge in [-0.2, -0.15) is 0 Å². The summed E-state index contributed by atoms with van der Waals surface area (Å²) in [6, 6.07) is 6.95. The molecule has 4 nitrogen and oxygen atoms in total. The van der Waals surface area contributed by atoms with Crippen molar-refractivity contribution in [3.8, 4) is 0 Å². The molecule has 0 spiro atoms. The van der Waals surface area contributed by atoms with Crippen LogP contribution in [-0.2, 0) is 12.3 Å². The van der Waals surface area contributed by atoms with Gasteiger partial charge in [0.15, 0.2) is 0 Å². The molecule has 2 aromatic rings. The average Bonchev–Trinajstić information content (AvgIpc) is 2.85. The first kappa shape index (κ1) is 13.7. The number of rotatable bonds is 6. The molecule has 100 valence electrons. The maximum absolute atomic E-state index is 10.8. The first-order valence-electron chi connectivity index (χ1n) is 6.16. The predicted octanol–water partition coefficient (Wildman–Crippen LogP) is 3.28. The molecule has 0 aliphatic heterocycles. The van der Waals surface area contributed by atoms with E-state index in [1.807, 2.05) is 24.7 Å². The second kappa shape index (κ2) is 6.43. The number of imidazole rings is 1. The maximum Gasteiger partial charge on any atom is 0.335 e. The van der Waals surface area contributed by atoms with Gasteiger partial charge >= 0.3 is 5.97 Å². The molecule has 0 aliphatic rings. The number of aromatic nitrogens is 2. The summed E-state index contributed by atoms with van der Waals surface area (Å²) in [5, 5.41) is 8.83. The Hall–Kier alpha value is -1.75. The van der Waals surface area contributed by atoms with Crippen LogP contribution in [0.25, 0.3) is 0 Å². The van der Waals surface area contributed by atoms with E-state index in [1.165, 1.54) is 5.69 Å². The fraction of sp³-hybridized carbons (Fsp3) is 0.286. The van der Waals surface area contributed by atoms with Gasteiger partial charge in [-0.25, -0.2) is 9.78 Å². The molecule has 0 atom stereocenters. The van der Waals surface area contributed by atoms with E-state index in [-0.39, 0.29) is 0 Å². The molecule has 5 heteroatoms. The van der Waals surface area contributed by atoms with E-state index in [0.717, 1.165) is 23.6 Å². The maximum atomic E-state index is 10.8. The van der Waals surface area contributed by atoms with Crippen molar-refractivity contribution in [2.45, 2.75) is 30.5 Å². The van der Waals surface area contributed by atoms with Crippen LogP contribution in [0.4, 0.5) is 0 Å². The Bertz CT molecular complexity index is 549. The topological polar surface area (TPSA) is 55.1 Å². The zero-order chi connectivity index (χ0) is 13.7. The molecular weight excluding hydrogens is 260 g/mol. The van der Waals surface area contributed by atoms with Crippen molar-refractivity contribution >= 4 is 17.7 Å². The summed E-state index contributed by atoms with van der Waals surface area (Å²) in [6.45, 7) is 3.12. The Morgan fingerprint density at radius 1 is 1.37 bits per heavy atom. The molecule has 0 saturated carbocycles. The number of carboxylic acid groups (broad SMARTS) is 1. The second-order valence-electron chi connectivity index (χ2n) is 4.20. The molecule has 1 aromatic carbocycles. The predicted molar refractivity (Wildman–Crippen MR) is 75.5 cm³/mol. The Labute approximate surface area is 116 Å². The van der Waals surface area contributed by atoms with Crippen LogP contribution in [0.15, 0.2) is 41.7 Å². The van der Waals surface area contributed by atoms with Gasteiger partial charge in [0.2, 0.25) is 0 Å². The van der Waals surface area contributed by atoms with E-state index < -0.39 is 5.97 Å². The highest BCUT2D eigenvalue weighted by Crippen LogP contribution is 2.23. The minimum atomic E-state index is -0.891. The number of aromatic carboxylic acids is 1. The normalized spacial score (nSPS) is 10.6. The number of aryl methyl sites for hydroxylation is 1. The Balaban J connectivity index is 1.98. The van der Waals surface area contributed by atoms with E-state index in [9.17, 15) is 4.79 Å². The van der Waals surface area contributed by atoms with Gasteiger partial charge in [0, 0.05) is 29.1 Å². The zero-order valence-electron chi connectivity index (χ0n) is 10.7. The summed E-state index contributed by atoms with van der Waals surface area (Å²) in [5.74, 6) is -0.0514. The van der Waals surface area contributed by atoms with Gasteiger partial charge in [-0.05, 0) is 30.7 Å². The van der Waals surface area contributed by atoms with Gasteiger partial charge in [0.1, 0.15) is 0 Å². The molecule has 1 aromatic heterocycles. The van der Waals surface area contributed by atoms with Crippen LogP contribution >= 0.6 is 11.8 Å². The van der Waals surface area contributed by atoms with Gasteiger partial charge in [-0.3, -0.25) is 0 Å². The lowest BCUT2D eigenvalue weighted by Crippen LogP contribution is -1.99. The molecule has 0 bridgehead atoms. The molecule has 0 saturated heterocycles. The van der Waals surface area contributed by atoms with Crippen LogP contribution in [0.5, 0.6) is 0 Å². The Kier molecular flexibility index (Phi) is 4.63. The third-order valence-corrected chi connectivity index (χ3v) is 3.80. The summed E-state index contributed by atoms with van der Waals surface area (Å²) < 4.78 is 2.15. The molecule has 1 heterocycles. The first-order valence-corrected chi connectivity index (χ1v) is 7.14. The van der Waals surface area contributed by atoms with Crippen molar-refractivity contribution in [1.29, 1.82) is 0 Å². The molecule has 1 N–H and O–H groups in total. The average molecular weight is 276 g/mol. The van der Waals surface area contributed by atoms with Crippen LogP contribution in [-0.4, -0.2) is 20.6 Å². The molecule has 0 unspecified atom stereocenters. The Morgan fingerprint density at radius 3 is 2.74 bits per heavy atom. The monoisotopic (exact) mass is 276 g/mol. The third kappa shape index (κ3) is 3.61. The standard InChI is InChI=1S/C14H16N2O2S/c1-2-7-16-10-15-8-12(16)9-19-13-5-3-11(4-6-13)14(17)18/h3-6,8,10H,2,7,9H2,1H3,(H,17,18). The smallest absolute Gasteiger partial charge is 0.335 e. The van der Waals surface area contributed by atoms with Crippen molar-refractivity contribution in [2.75, 3.05) is 0 Å². The Morgan fingerprint density at radius 2 is 2.11 bits per heavy atom. The number of nitrogens with zero attached hydrogens (tertiary/aromatic N) is 2. The van der Waals surface area contributed by atoms with Crippen molar-refractivity contribution < 1.29 is 9.90 Å². The van der Waals surface area contributed by atoms with Crippen LogP contribution in [0.2, 0.25) is 0 Å². The van der Waals surface area contributed by atoms with Crippen molar-refractivity contribution in [2.24, 2.45) is 0 Å². The highest BCUT2D eigenvalue weighted by atomic mass is 32.2. The van der Waals surface area contributed by atoms with E-state index >= 15 is 0 Å². The van der Waals surface area contributed by atoms with Crippen LogP contribution in [0.1, 0.15) is 29.4 Å². The fourth-order valence-corrected chi connectivity index (χ4v) is 2.65. The van der Waals surface area contributed by atoms with Crippen molar-refractivity contribution in [3.05, 3.63) is 48.0 Å². The number of carboxylic acids is 1. The summed E-state index contributed by atoms with van der Waals surface area (Å²) in [7, 11) is 0. The first-order chi connectivity index (χ1) is 9.20. The lowest BCUT2D eigenvalue weighted by atomic mass is 10.2. The molecule has 0 radical (unpaired) electrons. The molecule has 2 rings (SSSR count). The van der Waals surface area contributed by atoms with E-state index in [0.29, 0.717) is 5.56 Å². The summed E-state index contributed by atoms with van der Waals surface area (Å²) in [4.78, 5) is 16.0. The minimum absolute atomic E-state index is 0.320. The van der Waals surface area contributed by atoms with E-state index in [1.54, 1.807) is 23.9 Å². The minimum Gasteiger partial charge on any atom is -0.478 e. The summed E-state index contributed by atoms with van der Waals surface area (Å²) in [5.41, 5.74) is 1.51. The zero-order valence-corrected chi connectivity index (χ0v) is 11.6. The third-order valence-electron chi connectivity index (χ3n) is 2.75. The molecule has 19 heavy (non-hydrogen) atoms. The summed E-state index contributed by atoms with van der Waals surface area (Å²) in [6.07, 6.45) is 4.82. The number of carbonyl (C=O) groups is 1. The van der Waals surface area contributed by atoms with E-state index in [2.05, 4.69) is 16.5 Å². The fourth-order valence-electron chi connectivity index (χ4n) is 1.76. The highest BCUT2D eigenvalue weighted by Gasteiger charge is 2.04. The number of benzene rings is 1. The van der Waals surface area contributed by atoms with Gasteiger partial charge in [0.05, 0.1) is 11.9 Å². The lowest BCUT2D eigenvalue weighted by Gasteiger charge is -2.06. The number of thioether (sulfide) groups is 1.